The van der Waals surface area contributed by atoms with Crippen LogP contribution in [0, 0.1) is 0 Å². The fourth-order valence-corrected chi connectivity index (χ4v) is 2.94. The number of amides is 2. The largest absolute Gasteiger partial charge is 0.444 e. The molecule has 1 aromatic carbocycles. The Kier molecular flexibility index (Phi) is 7.19. The summed E-state index contributed by atoms with van der Waals surface area (Å²) in [5, 5.41) is 6.82. The molecule has 0 unspecified atom stereocenters. The van der Waals surface area contributed by atoms with Crippen molar-refractivity contribution in [2.75, 3.05) is 11.1 Å². The van der Waals surface area contributed by atoms with E-state index >= 15 is 0 Å². The van der Waals surface area contributed by atoms with E-state index < -0.39 is 11.8 Å². The standard InChI is InChI=1S/C21H19N7O3.C2H6/c1-2-12-3-5-14(6-4-12)28-10-15(18(27-28)19(23)29)25-20(30)16-11-31-21(26-16)13-7-8-24-17(22)9-13;1-2/h3-11H,2H2,1H3,(H2,22,24)(H2,23,29)(H,25,30);1-2H3. The van der Waals surface area contributed by atoms with Gasteiger partial charge >= 0.3 is 0 Å². The second-order valence-corrected chi connectivity index (χ2v) is 6.68. The van der Waals surface area contributed by atoms with Gasteiger partial charge in [-0.3, -0.25) is 9.59 Å². The average Bonchev–Trinajstić information content (AvgIpc) is 3.48. The number of primary amides is 1. The smallest absolute Gasteiger partial charge is 0.277 e. The van der Waals surface area contributed by atoms with Gasteiger partial charge in [-0.1, -0.05) is 32.9 Å². The van der Waals surface area contributed by atoms with Crippen molar-refractivity contribution in [3.8, 4) is 17.1 Å². The number of aryl methyl sites for hydroxylation is 1. The molecule has 4 aromatic rings. The summed E-state index contributed by atoms with van der Waals surface area (Å²) < 4.78 is 6.85. The van der Waals surface area contributed by atoms with Crippen LogP contribution in [0.5, 0.6) is 0 Å². The molecule has 5 N–H and O–H groups in total. The molecule has 0 saturated heterocycles. The predicted octanol–water partition coefficient (Wildman–Crippen LogP) is 3.44. The van der Waals surface area contributed by atoms with Crippen molar-refractivity contribution < 1.29 is 14.0 Å². The van der Waals surface area contributed by atoms with Crippen molar-refractivity contribution in [3.63, 3.8) is 0 Å². The number of oxazole rings is 1. The van der Waals surface area contributed by atoms with E-state index in [2.05, 4.69) is 27.3 Å². The van der Waals surface area contributed by atoms with Crippen molar-refractivity contribution >= 4 is 23.3 Å². The number of carbonyl (C=O) groups excluding carboxylic acids is 2. The first-order valence-corrected chi connectivity index (χ1v) is 10.4. The number of anilines is 2. The number of carbonyl (C=O) groups is 2. The minimum absolute atomic E-state index is 0.0147. The number of rotatable bonds is 6. The number of aromatic nitrogens is 4. The number of benzene rings is 1. The molecular formula is C23H25N7O3. The van der Waals surface area contributed by atoms with Gasteiger partial charge in [0.2, 0.25) is 5.89 Å². The van der Waals surface area contributed by atoms with Gasteiger partial charge in [-0.05, 0) is 36.2 Å². The third-order valence-corrected chi connectivity index (χ3v) is 4.57. The SMILES string of the molecule is CC.CCc1ccc(-n2cc(NC(=O)c3coc(-c4ccnc(N)c4)n3)c(C(N)=O)n2)cc1. The molecule has 0 bridgehead atoms. The fraction of sp³-hybridized carbons (Fsp3) is 0.174. The predicted molar refractivity (Wildman–Crippen MR) is 125 cm³/mol. The summed E-state index contributed by atoms with van der Waals surface area (Å²) in [5.74, 6) is -0.846. The van der Waals surface area contributed by atoms with E-state index in [4.69, 9.17) is 15.9 Å². The van der Waals surface area contributed by atoms with E-state index in [-0.39, 0.29) is 23.0 Å². The van der Waals surface area contributed by atoms with Crippen molar-refractivity contribution in [1.29, 1.82) is 0 Å². The lowest BCUT2D eigenvalue weighted by Gasteiger charge is -2.02. The van der Waals surface area contributed by atoms with Gasteiger partial charge < -0.3 is 21.2 Å². The summed E-state index contributed by atoms with van der Waals surface area (Å²) in [5.41, 5.74) is 13.7. The Labute approximate surface area is 190 Å². The van der Waals surface area contributed by atoms with Crippen LogP contribution in [-0.4, -0.2) is 31.6 Å². The Morgan fingerprint density at radius 3 is 2.52 bits per heavy atom. The summed E-state index contributed by atoms with van der Waals surface area (Å²) in [6, 6.07) is 10.9. The third-order valence-electron chi connectivity index (χ3n) is 4.57. The molecule has 0 atom stereocenters. The second kappa shape index (κ2) is 10.2. The lowest BCUT2D eigenvalue weighted by molar-refractivity contribution is 0.0996. The lowest BCUT2D eigenvalue weighted by atomic mass is 10.1. The molecule has 0 radical (unpaired) electrons. The minimum atomic E-state index is -0.771. The van der Waals surface area contributed by atoms with E-state index in [0.717, 1.165) is 17.7 Å². The monoisotopic (exact) mass is 447 g/mol. The van der Waals surface area contributed by atoms with Crippen molar-refractivity contribution in [2.45, 2.75) is 27.2 Å². The Bertz CT molecular complexity index is 1260. The topological polar surface area (TPSA) is 155 Å². The summed E-state index contributed by atoms with van der Waals surface area (Å²) in [6.45, 7) is 6.06. The van der Waals surface area contributed by atoms with Gasteiger partial charge in [0.25, 0.3) is 11.8 Å². The van der Waals surface area contributed by atoms with Crippen LogP contribution in [0.1, 0.15) is 47.3 Å². The number of nitrogens with two attached hydrogens (primary N) is 2. The minimum Gasteiger partial charge on any atom is -0.444 e. The van der Waals surface area contributed by atoms with Crippen molar-refractivity contribution in [1.82, 2.24) is 19.7 Å². The van der Waals surface area contributed by atoms with Crippen LogP contribution in [-0.2, 0) is 6.42 Å². The molecule has 170 valence electrons. The molecule has 0 saturated carbocycles. The quantitative estimate of drug-likeness (QED) is 0.409. The number of nitrogens with zero attached hydrogens (tertiary/aromatic N) is 4. The first-order chi connectivity index (χ1) is 15.9. The third kappa shape index (κ3) is 5.24. The van der Waals surface area contributed by atoms with E-state index in [9.17, 15) is 9.59 Å². The molecule has 10 heteroatoms. The molecule has 33 heavy (non-hydrogen) atoms. The number of hydrogen-bond donors (Lipinski definition) is 3. The molecular weight excluding hydrogens is 422 g/mol. The first-order valence-electron chi connectivity index (χ1n) is 10.4. The van der Waals surface area contributed by atoms with Crippen molar-refractivity contribution in [2.24, 2.45) is 5.73 Å². The van der Waals surface area contributed by atoms with Gasteiger partial charge in [0.1, 0.15) is 12.1 Å². The zero-order valence-corrected chi connectivity index (χ0v) is 18.6. The van der Waals surface area contributed by atoms with Crippen LogP contribution in [0.15, 0.2) is 59.5 Å². The van der Waals surface area contributed by atoms with E-state index in [1.807, 2.05) is 38.1 Å². The van der Waals surface area contributed by atoms with Crippen LogP contribution >= 0.6 is 0 Å². The molecule has 0 aliphatic heterocycles. The number of pyridine rings is 1. The van der Waals surface area contributed by atoms with Gasteiger partial charge in [0.05, 0.1) is 17.6 Å². The van der Waals surface area contributed by atoms with Gasteiger partial charge in [0, 0.05) is 11.8 Å². The van der Waals surface area contributed by atoms with Gasteiger partial charge in [-0.2, -0.15) is 5.10 Å². The summed E-state index contributed by atoms with van der Waals surface area (Å²) in [6.07, 6.45) is 5.14. The molecule has 3 aromatic heterocycles. The highest BCUT2D eigenvalue weighted by Gasteiger charge is 2.20. The summed E-state index contributed by atoms with van der Waals surface area (Å²) >= 11 is 0. The fourth-order valence-electron chi connectivity index (χ4n) is 2.94. The normalized spacial score (nSPS) is 10.3. The highest BCUT2D eigenvalue weighted by Crippen LogP contribution is 2.22. The zero-order valence-electron chi connectivity index (χ0n) is 18.6. The zero-order chi connectivity index (χ0) is 24.0. The molecule has 2 amide bonds. The molecule has 4 rings (SSSR count). The Hall–Kier alpha value is -4.47. The van der Waals surface area contributed by atoms with Gasteiger partial charge in [0.15, 0.2) is 11.4 Å². The van der Waals surface area contributed by atoms with Gasteiger partial charge in [-0.25, -0.2) is 14.6 Å². The molecule has 3 heterocycles. The average molecular weight is 447 g/mol. The molecule has 10 nitrogen and oxygen atoms in total. The summed E-state index contributed by atoms with van der Waals surface area (Å²) in [7, 11) is 0. The van der Waals surface area contributed by atoms with E-state index in [1.165, 1.54) is 23.3 Å². The maximum absolute atomic E-state index is 12.7. The number of nitrogens with one attached hydrogen (secondary N) is 1. The highest BCUT2D eigenvalue weighted by atomic mass is 16.3. The molecule has 0 aliphatic rings. The first kappa shape index (κ1) is 23.2. The Balaban J connectivity index is 0.00000149. The van der Waals surface area contributed by atoms with Crippen LogP contribution in [0.25, 0.3) is 17.1 Å². The van der Waals surface area contributed by atoms with Crippen LogP contribution in [0.3, 0.4) is 0 Å². The second-order valence-electron chi connectivity index (χ2n) is 6.68. The summed E-state index contributed by atoms with van der Waals surface area (Å²) in [4.78, 5) is 32.6. The lowest BCUT2D eigenvalue weighted by Crippen LogP contribution is -2.18. The van der Waals surface area contributed by atoms with E-state index in [0.29, 0.717) is 11.4 Å². The van der Waals surface area contributed by atoms with Gasteiger partial charge in [-0.15, -0.1) is 0 Å². The maximum atomic E-state index is 12.7. The van der Waals surface area contributed by atoms with Crippen LogP contribution in [0.2, 0.25) is 0 Å². The number of nitrogen functional groups attached to an aromatic ring is 1. The van der Waals surface area contributed by atoms with Crippen LogP contribution < -0.4 is 16.8 Å². The number of hydrogen-bond acceptors (Lipinski definition) is 7. The molecule has 0 fully saturated rings. The van der Waals surface area contributed by atoms with Crippen molar-refractivity contribution in [3.05, 3.63) is 72.0 Å². The Morgan fingerprint density at radius 1 is 1.15 bits per heavy atom. The Morgan fingerprint density at radius 2 is 1.88 bits per heavy atom. The highest BCUT2D eigenvalue weighted by molar-refractivity contribution is 6.07. The molecule has 0 spiro atoms. The molecule has 0 aliphatic carbocycles. The maximum Gasteiger partial charge on any atom is 0.277 e. The van der Waals surface area contributed by atoms with Crippen LogP contribution in [0.4, 0.5) is 11.5 Å². The van der Waals surface area contributed by atoms with E-state index in [1.54, 1.807) is 12.1 Å².